The number of benzene rings is 1. The van der Waals surface area contributed by atoms with Crippen molar-refractivity contribution in [1.29, 1.82) is 0 Å². The summed E-state index contributed by atoms with van der Waals surface area (Å²) in [7, 11) is 0. The molecule has 0 radical (unpaired) electrons. The highest BCUT2D eigenvalue weighted by molar-refractivity contribution is 5.88. The van der Waals surface area contributed by atoms with E-state index in [0.29, 0.717) is 0 Å². The smallest absolute Gasteiger partial charge is 0.135 e. The summed E-state index contributed by atoms with van der Waals surface area (Å²) in [6.07, 6.45) is 3.25. The van der Waals surface area contributed by atoms with Gasteiger partial charge >= 0.3 is 0 Å². The summed E-state index contributed by atoms with van der Waals surface area (Å²) in [4.78, 5) is 0. The molecule has 13 heavy (non-hydrogen) atoms. The Morgan fingerprint density at radius 1 is 1.23 bits per heavy atom. The predicted octanol–water partition coefficient (Wildman–Crippen LogP) is 3.39. The van der Waals surface area contributed by atoms with Crippen LogP contribution in [-0.4, -0.2) is 0 Å². The lowest BCUT2D eigenvalue weighted by Crippen LogP contribution is -1.74. The van der Waals surface area contributed by atoms with E-state index in [1.54, 1.807) is 0 Å². The van der Waals surface area contributed by atoms with E-state index < -0.39 is 0 Å². The van der Waals surface area contributed by atoms with E-state index in [1.807, 2.05) is 12.1 Å². The highest BCUT2D eigenvalue weighted by Gasteiger charge is 2.18. The Bertz CT molecular complexity index is 503. The van der Waals surface area contributed by atoms with E-state index in [-0.39, 0.29) is 0 Å². The number of hydrogen-bond donors (Lipinski definition) is 0. The van der Waals surface area contributed by atoms with Crippen LogP contribution in [0.3, 0.4) is 0 Å². The molecule has 1 heterocycles. The molecule has 0 unspecified atom stereocenters. The van der Waals surface area contributed by atoms with Gasteiger partial charge in [-0.25, -0.2) is 0 Å². The molecule has 0 spiro atoms. The zero-order chi connectivity index (χ0) is 8.84. The number of furan rings is 1. The van der Waals surface area contributed by atoms with Crippen LogP contribution in [0, 0.1) is 0 Å². The van der Waals surface area contributed by atoms with E-state index in [4.69, 9.17) is 4.42 Å². The minimum absolute atomic E-state index is 1.01. The molecule has 1 nitrogen and oxygen atoms in total. The number of para-hydroxylation sites is 1. The van der Waals surface area contributed by atoms with Crippen LogP contribution in [-0.2, 0) is 6.42 Å². The molecule has 1 aliphatic carbocycles. The highest BCUT2D eigenvalue weighted by Crippen LogP contribution is 2.35. The maximum atomic E-state index is 5.75. The molecule has 1 aliphatic rings. The molecule has 0 saturated carbocycles. The van der Waals surface area contributed by atoms with Crippen molar-refractivity contribution in [2.24, 2.45) is 0 Å². The molecular weight excluding hydrogens is 160 g/mol. The summed E-state index contributed by atoms with van der Waals surface area (Å²) in [5, 5.41) is 1.27. The largest absolute Gasteiger partial charge is 0.456 e. The Morgan fingerprint density at radius 2 is 2.08 bits per heavy atom. The minimum atomic E-state index is 1.01. The van der Waals surface area contributed by atoms with Gasteiger partial charge in [-0.3, -0.25) is 0 Å². The Morgan fingerprint density at radius 3 is 3.00 bits per heavy atom. The van der Waals surface area contributed by atoms with Gasteiger partial charge in [-0.05, 0) is 25.0 Å². The van der Waals surface area contributed by atoms with Gasteiger partial charge in [-0.2, -0.15) is 0 Å². The van der Waals surface area contributed by atoms with E-state index in [2.05, 4.69) is 25.1 Å². The lowest BCUT2D eigenvalue weighted by molar-refractivity contribution is 0.598. The van der Waals surface area contributed by atoms with Crippen molar-refractivity contribution < 1.29 is 4.42 Å². The molecule has 0 aliphatic heterocycles. The minimum Gasteiger partial charge on any atom is -0.456 e. The van der Waals surface area contributed by atoms with Gasteiger partial charge in [0.2, 0.25) is 0 Å². The van der Waals surface area contributed by atoms with Gasteiger partial charge in [0.1, 0.15) is 11.3 Å². The fraction of sp³-hybridized carbons (Fsp3) is 0.167. The summed E-state index contributed by atoms with van der Waals surface area (Å²) in [6, 6.07) is 8.23. The van der Waals surface area contributed by atoms with Crippen LogP contribution in [0.2, 0.25) is 0 Å². The van der Waals surface area contributed by atoms with E-state index in [0.717, 1.165) is 17.8 Å². The predicted molar refractivity (Wildman–Crippen MR) is 53.6 cm³/mol. The second kappa shape index (κ2) is 2.25. The molecule has 0 bridgehead atoms. The third kappa shape index (κ3) is 0.816. The number of fused-ring (bicyclic) bond motifs is 3. The third-order valence-corrected chi connectivity index (χ3v) is 2.67. The summed E-state index contributed by atoms with van der Waals surface area (Å²) < 4.78 is 5.75. The third-order valence-electron chi connectivity index (χ3n) is 2.67. The van der Waals surface area contributed by atoms with Gasteiger partial charge in [-0.1, -0.05) is 24.3 Å². The van der Waals surface area contributed by atoms with Crippen LogP contribution in [0.5, 0.6) is 0 Å². The first-order valence-corrected chi connectivity index (χ1v) is 4.54. The van der Waals surface area contributed by atoms with Gasteiger partial charge in [0.15, 0.2) is 0 Å². The Balaban J connectivity index is 2.43. The van der Waals surface area contributed by atoms with Crippen molar-refractivity contribution in [1.82, 2.24) is 0 Å². The number of rotatable bonds is 0. The molecule has 1 heteroatoms. The van der Waals surface area contributed by atoms with Crippen LogP contribution < -0.4 is 0 Å². The molecule has 0 fully saturated rings. The topological polar surface area (TPSA) is 13.1 Å². The Kier molecular flexibility index (Phi) is 1.21. The van der Waals surface area contributed by atoms with Gasteiger partial charge in [0.25, 0.3) is 0 Å². The SMILES string of the molecule is CC1=CCc2c1oc1ccccc21. The fourth-order valence-electron chi connectivity index (χ4n) is 1.97. The second-order valence-corrected chi connectivity index (χ2v) is 3.50. The summed E-state index contributed by atoms with van der Waals surface area (Å²) in [6.45, 7) is 2.11. The normalized spacial score (nSPS) is 14.7. The average Bonchev–Trinajstić information content (AvgIpc) is 2.67. The summed E-state index contributed by atoms with van der Waals surface area (Å²) in [5.41, 5.74) is 3.64. The molecule has 2 aromatic rings. The van der Waals surface area contributed by atoms with E-state index in [1.165, 1.54) is 16.5 Å². The van der Waals surface area contributed by atoms with Crippen molar-refractivity contribution in [2.75, 3.05) is 0 Å². The van der Waals surface area contributed by atoms with E-state index in [9.17, 15) is 0 Å². The Hall–Kier alpha value is -1.50. The maximum absolute atomic E-state index is 5.75. The van der Waals surface area contributed by atoms with Gasteiger partial charge in [0, 0.05) is 10.9 Å². The standard InChI is InChI=1S/C12H10O/c1-8-6-7-10-9-4-2-3-5-11(9)13-12(8)10/h2-6H,7H2,1H3. The molecule has 3 rings (SSSR count). The summed E-state index contributed by atoms with van der Waals surface area (Å²) in [5.74, 6) is 1.08. The molecule has 1 aromatic heterocycles. The first-order chi connectivity index (χ1) is 6.36. The van der Waals surface area contributed by atoms with Crippen LogP contribution in [0.4, 0.5) is 0 Å². The van der Waals surface area contributed by atoms with Gasteiger partial charge in [0.05, 0.1) is 0 Å². The average molecular weight is 170 g/mol. The molecule has 64 valence electrons. The summed E-state index contributed by atoms with van der Waals surface area (Å²) >= 11 is 0. The van der Waals surface area contributed by atoms with Crippen molar-refractivity contribution in [2.45, 2.75) is 13.3 Å². The molecule has 0 atom stereocenters. The van der Waals surface area contributed by atoms with Gasteiger partial charge in [-0.15, -0.1) is 0 Å². The van der Waals surface area contributed by atoms with Crippen LogP contribution in [0.25, 0.3) is 16.5 Å². The number of allylic oxidation sites excluding steroid dienone is 2. The van der Waals surface area contributed by atoms with Crippen LogP contribution in [0.15, 0.2) is 34.8 Å². The fourth-order valence-corrected chi connectivity index (χ4v) is 1.97. The van der Waals surface area contributed by atoms with Crippen molar-refractivity contribution >= 4 is 16.5 Å². The second-order valence-electron chi connectivity index (χ2n) is 3.50. The molecular formula is C12H10O. The van der Waals surface area contributed by atoms with Crippen molar-refractivity contribution in [3.05, 3.63) is 41.7 Å². The monoisotopic (exact) mass is 170 g/mol. The highest BCUT2D eigenvalue weighted by atomic mass is 16.3. The first kappa shape index (κ1) is 6.96. The molecule has 1 aromatic carbocycles. The van der Waals surface area contributed by atoms with Crippen LogP contribution in [0.1, 0.15) is 18.2 Å². The van der Waals surface area contributed by atoms with E-state index >= 15 is 0 Å². The van der Waals surface area contributed by atoms with Gasteiger partial charge < -0.3 is 4.42 Å². The molecule has 0 saturated heterocycles. The van der Waals surface area contributed by atoms with Crippen molar-refractivity contribution in [3.63, 3.8) is 0 Å². The van der Waals surface area contributed by atoms with Crippen molar-refractivity contribution in [3.8, 4) is 0 Å². The lowest BCUT2D eigenvalue weighted by Gasteiger charge is -1.87. The Labute approximate surface area is 76.7 Å². The molecule has 0 amide bonds. The first-order valence-electron chi connectivity index (χ1n) is 4.54. The quantitative estimate of drug-likeness (QED) is 0.590. The zero-order valence-corrected chi connectivity index (χ0v) is 7.50. The van der Waals surface area contributed by atoms with Crippen LogP contribution >= 0.6 is 0 Å². The lowest BCUT2D eigenvalue weighted by atomic mass is 10.1. The maximum Gasteiger partial charge on any atom is 0.135 e. The number of hydrogen-bond acceptors (Lipinski definition) is 1. The molecule has 0 N–H and O–H groups in total. The zero-order valence-electron chi connectivity index (χ0n) is 7.50.